The standard InChI is InChI=1S/C51H29N3O2/c1-2-14-36-30(10-1)22-23-33-29-35(24-26-37(33)36)50-52-49(34-13-7-12-32(28-34)38-17-9-21-44-47(38)39-15-3-5-19-42(39)55-44)53-51(54-50)41-18-8-11-31-25-27-45-48(46(31)41)40-16-4-6-20-43(40)56-45/h1-29H. The molecule has 0 bridgehead atoms. The minimum Gasteiger partial charge on any atom is -0.456 e. The van der Waals surface area contributed by atoms with E-state index in [1.807, 2.05) is 30.3 Å². The van der Waals surface area contributed by atoms with Gasteiger partial charge in [0.25, 0.3) is 0 Å². The summed E-state index contributed by atoms with van der Waals surface area (Å²) in [5.74, 6) is 1.80. The number of nitrogens with zero attached hydrogens (tertiary/aromatic N) is 3. The second-order valence-corrected chi connectivity index (χ2v) is 14.3. The molecule has 0 aliphatic carbocycles. The van der Waals surface area contributed by atoms with Crippen molar-refractivity contribution in [3.8, 4) is 45.3 Å². The maximum absolute atomic E-state index is 6.36. The van der Waals surface area contributed by atoms with E-state index in [1.165, 1.54) is 16.2 Å². The third-order valence-electron chi connectivity index (χ3n) is 11.1. The maximum Gasteiger partial charge on any atom is 0.164 e. The maximum atomic E-state index is 6.36. The zero-order valence-corrected chi connectivity index (χ0v) is 29.9. The topological polar surface area (TPSA) is 65.0 Å². The Kier molecular flexibility index (Phi) is 6.56. The van der Waals surface area contributed by atoms with E-state index in [1.54, 1.807) is 0 Å². The van der Waals surface area contributed by atoms with Crippen molar-refractivity contribution in [2.45, 2.75) is 0 Å². The van der Waals surface area contributed by atoms with E-state index in [0.717, 1.165) is 87.9 Å². The van der Waals surface area contributed by atoms with Gasteiger partial charge in [0, 0.05) is 43.6 Å². The van der Waals surface area contributed by atoms with Gasteiger partial charge in [0.15, 0.2) is 17.5 Å². The highest BCUT2D eigenvalue weighted by Crippen LogP contribution is 2.41. The number of fused-ring (bicyclic) bond motifs is 11. The first-order valence-electron chi connectivity index (χ1n) is 18.8. The highest BCUT2D eigenvalue weighted by atomic mass is 16.3. The molecule has 0 spiro atoms. The lowest BCUT2D eigenvalue weighted by Gasteiger charge is -2.12. The molecule has 3 aromatic heterocycles. The summed E-state index contributed by atoms with van der Waals surface area (Å²) in [4.78, 5) is 15.8. The summed E-state index contributed by atoms with van der Waals surface area (Å²) in [5, 5.41) is 11.2. The molecule has 56 heavy (non-hydrogen) atoms. The van der Waals surface area contributed by atoms with E-state index in [2.05, 4.69) is 146 Å². The van der Waals surface area contributed by atoms with Crippen molar-refractivity contribution >= 4 is 76.2 Å². The van der Waals surface area contributed by atoms with Gasteiger partial charge in [0.2, 0.25) is 0 Å². The summed E-state index contributed by atoms with van der Waals surface area (Å²) >= 11 is 0. The summed E-state index contributed by atoms with van der Waals surface area (Å²) < 4.78 is 12.6. The van der Waals surface area contributed by atoms with Gasteiger partial charge in [-0.25, -0.2) is 15.0 Å². The van der Waals surface area contributed by atoms with Gasteiger partial charge in [0.05, 0.1) is 0 Å². The van der Waals surface area contributed by atoms with Crippen LogP contribution in [0.25, 0.3) is 121 Å². The van der Waals surface area contributed by atoms with E-state index < -0.39 is 0 Å². The van der Waals surface area contributed by atoms with Crippen molar-refractivity contribution in [1.29, 1.82) is 0 Å². The molecule has 5 heteroatoms. The number of para-hydroxylation sites is 2. The molecule has 0 saturated heterocycles. The second-order valence-electron chi connectivity index (χ2n) is 14.3. The fourth-order valence-electron chi connectivity index (χ4n) is 8.53. The molecule has 0 saturated carbocycles. The number of hydrogen-bond donors (Lipinski definition) is 0. The molecule has 12 aromatic rings. The van der Waals surface area contributed by atoms with Gasteiger partial charge in [0.1, 0.15) is 22.3 Å². The molecule has 0 aliphatic rings. The van der Waals surface area contributed by atoms with Gasteiger partial charge in [-0.1, -0.05) is 140 Å². The Bertz CT molecular complexity index is 3560. The number of benzene rings is 9. The molecule has 9 aromatic carbocycles. The smallest absolute Gasteiger partial charge is 0.164 e. The van der Waals surface area contributed by atoms with Crippen LogP contribution in [0.2, 0.25) is 0 Å². The zero-order chi connectivity index (χ0) is 36.7. The minimum atomic E-state index is 0.593. The van der Waals surface area contributed by atoms with Crippen LogP contribution < -0.4 is 0 Å². The molecule has 0 radical (unpaired) electrons. The SMILES string of the molecule is c1cc(-c2nc(-c3ccc4c(ccc5ccccc54)c3)nc(-c3cccc4ccc5oc6ccccc6c5c34)n2)cc(-c2cccc3oc4ccccc4c23)c1. The molecule has 0 atom stereocenters. The highest BCUT2D eigenvalue weighted by molar-refractivity contribution is 6.22. The van der Waals surface area contributed by atoms with Crippen LogP contribution in [0.3, 0.4) is 0 Å². The Morgan fingerprint density at radius 3 is 1.68 bits per heavy atom. The predicted molar refractivity (Wildman–Crippen MR) is 229 cm³/mol. The quantitative estimate of drug-likeness (QED) is 0.170. The van der Waals surface area contributed by atoms with Crippen molar-refractivity contribution in [2.75, 3.05) is 0 Å². The molecule has 12 rings (SSSR count). The van der Waals surface area contributed by atoms with E-state index in [-0.39, 0.29) is 0 Å². The number of rotatable bonds is 4. The first-order chi connectivity index (χ1) is 27.7. The fraction of sp³-hybridized carbons (Fsp3) is 0. The Hall–Kier alpha value is -7.63. The monoisotopic (exact) mass is 715 g/mol. The van der Waals surface area contributed by atoms with Crippen LogP contribution >= 0.6 is 0 Å². The van der Waals surface area contributed by atoms with Crippen LogP contribution in [0.5, 0.6) is 0 Å². The van der Waals surface area contributed by atoms with Crippen LogP contribution in [0.4, 0.5) is 0 Å². The molecule has 0 unspecified atom stereocenters. The molecule has 0 N–H and O–H groups in total. The van der Waals surface area contributed by atoms with Gasteiger partial charge in [-0.05, 0) is 74.5 Å². The predicted octanol–water partition coefficient (Wildman–Crippen LogP) is 13.8. The summed E-state index contributed by atoms with van der Waals surface area (Å²) in [7, 11) is 0. The lowest BCUT2D eigenvalue weighted by Crippen LogP contribution is -2.01. The number of aromatic nitrogens is 3. The van der Waals surface area contributed by atoms with Crippen LogP contribution in [-0.2, 0) is 0 Å². The van der Waals surface area contributed by atoms with Gasteiger partial charge in [-0.15, -0.1) is 0 Å². The molecule has 0 fully saturated rings. The zero-order valence-electron chi connectivity index (χ0n) is 29.9. The van der Waals surface area contributed by atoms with Gasteiger partial charge in [-0.2, -0.15) is 0 Å². The molecule has 0 aliphatic heterocycles. The summed E-state index contributed by atoms with van der Waals surface area (Å²) in [5.41, 5.74) is 8.28. The number of furan rings is 2. The van der Waals surface area contributed by atoms with Crippen molar-refractivity contribution in [1.82, 2.24) is 15.0 Å². The molecular weight excluding hydrogens is 687 g/mol. The van der Waals surface area contributed by atoms with Crippen LogP contribution in [0, 0.1) is 0 Å². The third-order valence-corrected chi connectivity index (χ3v) is 11.1. The Morgan fingerprint density at radius 2 is 0.839 bits per heavy atom. The van der Waals surface area contributed by atoms with E-state index in [4.69, 9.17) is 23.8 Å². The lowest BCUT2D eigenvalue weighted by atomic mass is 9.97. The Balaban J connectivity index is 1.10. The first kappa shape index (κ1) is 30.8. The molecular formula is C51H29N3O2. The summed E-state index contributed by atoms with van der Waals surface area (Å²) in [6.07, 6.45) is 0. The average Bonchev–Trinajstić information content (AvgIpc) is 3.85. The van der Waals surface area contributed by atoms with E-state index in [0.29, 0.717) is 17.5 Å². The average molecular weight is 716 g/mol. The van der Waals surface area contributed by atoms with Gasteiger partial charge in [-0.3, -0.25) is 0 Å². The van der Waals surface area contributed by atoms with Crippen LogP contribution in [-0.4, -0.2) is 15.0 Å². The normalized spacial score (nSPS) is 11.9. The molecule has 0 amide bonds. The Morgan fingerprint density at radius 1 is 0.286 bits per heavy atom. The number of hydrogen-bond acceptors (Lipinski definition) is 5. The first-order valence-corrected chi connectivity index (χ1v) is 18.8. The molecule has 5 nitrogen and oxygen atoms in total. The van der Waals surface area contributed by atoms with Crippen molar-refractivity contribution in [2.24, 2.45) is 0 Å². The second kappa shape index (κ2) is 11.9. The van der Waals surface area contributed by atoms with Gasteiger partial charge >= 0.3 is 0 Å². The summed E-state index contributed by atoms with van der Waals surface area (Å²) in [6.45, 7) is 0. The van der Waals surface area contributed by atoms with Crippen molar-refractivity contribution in [3.63, 3.8) is 0 Å². The van der Waals surface area contributed by atoms with E-state index >= 15 is 0 Å². The minimum absolute atomic E-state index is 0.593. The third kappa shape index (κ3) is 4.71. The highest BCUT2D eigenvalue weighted by Gasteiger charge is 2.20. The van der Waals surface area contributed by atoms with Gasteiger partial charge < -0.3 is 8.83 Å². The fourth-order valence-corrected chi connectivity index (χ4v) is 8.53. The molecule has 3 heterocycles. The summed E-state index contributed by atoms with van der Waals surface area (Å²) in [6, 6.07) is 61.0. The largest absolute Gasteiger partial charge is 0.456 e. The van der Waals surface area contributed by atoms with Crippen LogP contribution in [0.1, 0.15) is 0 Å². The lowest BCUT2D eigenvalue weighted by molar-refractivity contribution is 0.668. The molecule has 260 valence electrons. The Labute approximate surface area is 320 Å². The van der Waals surface area contributed by atoms with Crippen LogP contribution in [0.15, 0.2) is 185 Å². The van der Waals surface area contributed by atoms with E-state index in [9.17, 15) is 0 Å². The van der Waals surface area contributed by atoms with Crippen molar-refractivity contribution < 1.29 is 8.83 Å². The van der Waals surface area contributed by atoms with Crippen molar-refractivity contribution in [3.05, 3.63) is 176 Å².